The molecule has 3 aromatic rings. The van der Waals surface area contributed by atoms with Gasteiger partial charge in [-0.2, -0.15) is 5.10 Å². The van der Waals surface area contributed by atoms with E-state index in [-0.39, 0.29) is 29.0 Å². The van der Waals surface area contributed by atoms with Gasteiger partial charge in [0.1, 0.15) is 5.69 Å². The van der Waals surface area contributed by atoms with Gasteiger partial charge < -0.3 is 19.5 Å². The highest BCUT2D eigenvalue weighted by molar-refractivity contribution is 5.96. The number of carbonyl (C=O) groups excluding carboxylic acids is 2. The SMILES string of the molecule is Cn1cncc1C(=O)NCC1CC2(CCOCC2)CN1C(=O)c1ccn2c(=O)[nH]nc2c1. The fourth-order valence-corrected chi connectivity index (χ4v) is 4.83. The molecule has 5 rings (SSSR count). The number of nitrogens with zero attached hydrogens (tertiary/aromatic N) is 5. The highest BCUT2D eigenvalue weighted by Crippen LogP contribution is 2.43. The molecule has 168 valence electrons. The first-order chi connectivity index (χ1) is 15.5. The number of fused-ring (bicyclic) bond motifs is 1. The number of H-pyrrole nitrogens is 1. The number of likely N-dealkylation sites (tertiary alicyclic amines) is 1. The largest absolute Gasteiger partial charge is 0.381 e. The molecule has 5 heterocycles. The van der Waals surface area contributed by atoms with Gasteiger partial charge in [0.25, 0.3) is 11.8 Å². The second kappa shape index (κ2) is 7.90. The van der Waals surface area contributed by atoms with Crippen LogP contribution in [0.15, 0.2) is 35.6 Å². The Hall–Kier alpha value is -3.47. The number of aryl methyl sites for hydroxylation is 1. The molecular formula is C21H25N7O4. The summed E-state index contributed by atoms with van der Waals surface area (Å²) in [6, 6.07) is 3.10. The van der Waals surface area contributed by atoms with E-state index in [9.17, 15) is 14.4 Å². The van der Waals surface area contributed by atoms with E-state index >= 15 is 0 Å². The van der Waals surface area contributed by atoms with Gasteiger partial charge in [0.15, 0.2) is 5.65 Å². The van der Waals surface area contributed by atoms with E-state index in [4.69, 9.17) is 4.74 Å². The Morgan fingerprint density at radius 2 is 2.16 bits per heavy atom. The first-order valence-electron chi connectivity index (χ1n) is 10.7. The molecular weight excluding hydrogens is 414 g/mol. The van der Waals surface area contributed by atoms with Crippen LogP contribution in [0.2, 0.25) is 0 Å². The van der Waals surface area contributed by atoms with Gasteiger partial charge in [-0.25, -0.2) is 14.9 Å². The van der Waals surface area contributed by atoms with Crippen LogP contribution in [0.25, 0.3) is 5.65 Å². The summed E-state index contributed by atoms with van der Waals surface area (Å²) in [6.45, 7) is 2.32. The molecule has 1 unspecified atom stereocenters. The van der Waals surface area contributed by atoms with Gasteiger partial charge in [-0.1, -0.05) is 0 Å². The van der Waals surface area contributed by atoms with Crippen molar-refractivity contribution in [3.63, 3.8) is 0 Å². The van der Waals surface area contributed by atoms with Crippen LogP contribution < -0.4 is 11.0 Å². The Morgan fingerprint density at radius 3 is 2.91 bits per heavy atom. The molecule has 2 fully saturated rings. The molecule has 0 bridgehead atoms. The lowest BCUT2D eigenvalue weighted by atomic mass is 9.78. The predicted octanol–water partition coefficient (Wildman–Crippen LogP) is 0.197. The fourth-order valence-electron chi connectivity index (χ4n) is 4.83. The minimum absolute atomic E-state index is 0.0107. The summed E-state index contributed by atoms with van der Waals surface area (Å²) >= 11 is 0. The molecule has 11 nitrogen and oxygen atoms in total. The van der Waals surface area contributed by atoms with E-state index < -0.39 is 0 Å². The number of hydrogen-bond acceptors (Lipinski definition) is 6. The van der Waals surface area contributed by atoms with E-state index in [1.165, 1.54) is 10.6 Å². The molecule has 1 spiro atoms. The first-order valence-corrected chi connectivity index (χ1v) is 10.7. The van der Waals surface area contributed by atoms with Crippen molar-refractivity contribution < 1.29 is 14.3 Å². The highest BCUT2D eigenvalue weighted by Gasteiger charge is 2.46. The fraction of sp³-hybridized carbons (Fsp3) is 0.476. The van der Waals surface area contributed by atoms with Crippen LogP contribution in [0.1, 0.15) is 40.1 Å². The lowest BCUT2D eigenvalue weighted by Crippen LogP contribution is -2.43. The minimum atomic E-state index is -0.350. The van der Waals surface area contributed by atoms with E-state index in [1.807, 2.05) is 4.90 Å². The van der Waals surface area contributed by atoms with Gasteiger partial charge in [-0.15, -0.1) is 0 Å². The van der Waals surface area contributed by atoms with Gasteiger partial charge in [0.2, 0.25) is 0 Å². The summed E-state index contributed by atoms with van der Waals surface area (Å²) < 4.78 is 8.57. The molecule has 0 aromatic carbocycles. The lowest BCUT2D eigenvalue weighted by molar-refractivity contribution is 0.0190. The number of hydrogen-bond donors (Lipinski definition) is 2. The van der Waals surface area contributed by atoms with Crippen LogP contribution in [0.5, 0.6) is 0 Å². The predicted molar refractivity (Wildman–Crippen MR) is 113 cm³/mol. The molecule has 2 aliphatic heterocycles. The van der Waals surface area contributed by atoms with Crippen molar-refractivity contribution in [1.29, 1.82) is 0 Å². The molecule has 2 N–H and O–H groups in total. The zero-order valence-corrected chi connectivity index (χ0v) is 17.8. The summed E-state index contributed by atoms with van der Waals surface area (Å²) in [6.07, 6.45) is 7.22. The Morgan fingerprint density at radius 1 is 1.34 bits per heavy atom. The topological polar surface area (TPSA) is 127 Å². The van der Waals surface area contributed by atoms with Crippen molar-refractivity contribution in [3.8, 4) is 0 Å². The Labute approximate surface area is 183 Å². The molecule has 11 heteroatoms. The Bertz CT molecular complexity index is 1220. The lowest BCUT2D eigenvalue weighted by Gasteiger charge is -2.33. The van der Waals surface area contributed by atoms with Crippen LogP contribution in [0.3, 0.4) is 0 Å². The summed E-state index contributed by atoms with van der Waals surface area (Å²) in [4.78, 5) is 43.7. The van der Waals surface area contributed by atoms with Crippen molar-refractivity contribution in [2.24, 2.45) is 12.5 Å². The number of aromatic nitrogens is 5. The third kappa shape index (κ3) is 3.58. The average molecular weight is 439 g/mol. The number of aromatic amines is 1. The van der Waals surface area contributed by atoms with Crippen LogP contribution in [-0.4, -0.2) is 73.2 Å². The monoisotopic (exact) mass is 439 g/mol. The molecule has 0 radical (unpaired) electrons. The first kappa shape index (κ1) is 20.4. The third-order valence-electron chi connectivity index (χ3n) is 6.64. The quantitative estimate of drug-likeness (QED) is 0.598. The van der Waals surface area contributed by atoms with Gasteiger partial charge in [-0.05, 0) is 36.8 Å². The van der Waals surface area contributed by atoms with Gasteiger partial charge in [-0.3, -0.25) is 14.0 Å². The van der Waals surface area contributed by atoms with Gasteiger partial charge in [0.05, 0.1) is 12.5 Å². The molecule has 2 amide bonds. The maximum absolute atomic E-state index is 13.5. The summed E-state index contributed by atoms with van der Waals surface area (Å²) in [7, 11) is 1.76. The van der Waals surface area contributed by atoms with E-state index in [0.29, 0.717) is 43.2 Å². The second-order valence-electron chi connectivity index (χ2n) is 8.68. The van der Waals surface area contributed by atoms with Gasteiger partial charge in [0, 0.05) is 51.2 Å². The standard InChI is InChI=1S/C21H25N7O4/c1-26-13-22-11-16(26)18(29)23-10-15-9-21(3-6-32-7-4-21)12-28(15)19(30)14-2-5-27-17(8-14)24-25-20(27)31/h2,5,8,11,13,15H,3-4,6-7,9-10,12H2,1H3,(H,23,29)(H,25,31). The number of pyridine rings is 1. The zero-order valence-electron chi connectivity index (χ0n) is 17.8. The van der Waals surface area contributed by atoms with Crippen LogP contribution in [-0.2, 0) is 11.8 Å². The number of rotatable bonds is 4. The van der Waals surface area contributed by atoms with E-state index in [2.05, 4.69) is 20.5 Å². The van der Waals surface area contributed by atoms with Gasteiger partial charge >= 0.3 is 5.69 Å². The molecule has 2 aliphatic rings. The number of nitrogens with one attached hydrogen (secondary N) is 2. The summed E-state index contributed by atoms with van der Waals surface area (Å²) in [5, 5.41) is 9.31. The molecule has 32 heavy (non-hydrogen) atoms. The second-order valence-corrected chi connectivity index (χ2v) is 8.68. The van der Waals surface area contributed by atoms with Crippen molar-refractivity contribution in [2.75, 3.05) is 26.3 Å². The minimum Gasteiger partial charge on any atom is -0.381 e. The zero-order chi connectivity index (χ0) is 22.3. The number of ether oxygens (including phenoxy) is 1. The smallest absolute Gasteiger partial charge is 0.347 e. The molecule has 2 saturated heterocycles. The van der Waals surface area contributed by atoms with E-state index in [0.717, 1.165) is 19.3 Å². The summed E-state index contributed by atoms with van der Waals surface area (Å²) in [5.41, 5.74) is 0.960. The van der Waals surface area contributed by atoms with E-state index in [1.54, 1.807) is 36.3 Å². The molecule has 1 atom stereocenters. The Kier molecular flexibility index (Phi) is 5.04. The number of imidazole rings is 1. The van der Waals surface area contributed by atoms with Crippen LogP contribution >= 0.6 is 0 Å². The Balaban J connectivity index is 1.38. The number of amides is 2. The highest BCUT2D eigenvalue weighted by atomic mass is 16.5. The average Bonchev–Trinajstić information content (AvgIpc) is 3.49. The van der Waals surface area contributed by atoms with Crippen molar-refractivity contribution in [3.05, 3.63) is 52.6 Å². The van der Waals surface area contributed by atoms with Crippen LogP contribution in [0, 0.1) is 5.41 Å². The van der Waals surface area contributed by atoms with Crippen molar-refractivity contribution in [1.82, 2.24) is 34.4 Å². The summed E-state index contributed by atoms with van der Waals surface area (Å²) in [5.74, 6) is -0.353. The van der Waals surface area contributed by atoms with Crippen LogP contribution in [0.4, 0.5) is 0 Å². The maximum atomic E-state index is 13.5. The number of carbonyl (C=O) groups is 2. The molecule has 3 aromatic heterocycles. The molecule has 0 saturated carbocycles. The molecule has 0 aliphatic carbocycles. The normalized spacial score (nSPS) is 20.2. The van der Waals surface area contributed by atoms with Crippen molar-refractivity contribution in [2.45, 2.75) is 25.3 Å². The third-order valence-corrected chi connectivity index (χ3v) is 6.64. The van der Waals surface area contributed by atoms with Crippen molar-refractivity contribution >= 4 is 17.5 Å². The maximum Gasteiger partial charge on any atom is 0.347 e.